The zero-order valence-corrected chi connectivity index (χ0v) is 18.0. The maximum atomic E-state index is 10.6. The van der Waals surface area contributed by atoms with Crippen molar-refractivity contribution in [3.05, 3.63) is 59.8 Å². The highest BCUT2D eigenvalue weighted by Gasteiger charge is 2.22. The second-order valence-electron chi connectivity index (χ2n) is 6.91. The molecule has 2 aromatic carbocycles. The molecule has 0 spiro atoms. The summed E-state index contributed by atoms with van der Waals surface area (Å²) < 4.78 is 2.07. The summed E-state index contributed by atoms with van der Waals surface area (Å²) in [5.74, 6) is 0.113. The number of thiocarbonyl (C=S) groups is 1. The summed E-state index contributed by atoms with van der Waals surface area (Å²) in [6, 6.07) is 11.5. The quantitative estimate of drug-likeness (QED) is 0.523. The van der Waals surface area contributed by atoms with Gasteiger partial charge in [-0.2, -0.15) is 0 Å². The predicted octanol–water partition coefficient (Wildman–Crippen LogP) is 4.91. The van der Waals surface area contributed by atoms with E-state index >= 15 is 0 Å². The van der Waals surface area contributed by atoms with Crippen molar-refractivity contribution in [1.29, 1.82) is 0 Å². The lowest BCUT2D eigenvalue weighted by Crippen LogP contribution is -2.36. The molecule has 0 unspecified atom stereocenters. The molecule has 0 radical (unpaired) electrons. The molecular weight excluding hydrogens is 382 g/mol. The summed E-state index contributed by atoms with van der Waals surface area (Å²) in [5, 5.41) is 25.5. The van der Waals surface area contributed by atoms with Crippen LogP contribution in [0.2, 0.25) is 0 Å². The molecule has 3 rings (SSSR count). The second kappa shape index (κ2) is 8.57. The van der Waals surface area contributed by atoms with E-state index < -0.39 is 0 Å². The monoisotopic (exact) mass is 409 g/mol. The Labute approximate surface area is 176 Å². The molecule has 0 fully saturated rings. The Morgan fingerprint density at radius 3 is 2.55 bits per heavy atom. The minimum atomic E-state index is 0.0177. The smallest absolute Gasteiger partial charge is 0.177 e. The van der Waals surface area contributed by atoms with Gasteiger partial charge in [0, 0.05) is 48.5 Å². The van der Waals surface area contributed by atoms with Gasteiger partial charge in [0.25, 0.3) is 0 Å². The fraction of sp³-hybridized carbons (Fsp3) is 0.261. The highest BCUT2D eigenvalue weighted by molar-refractivity contribution is 7.80. The number of rotatable bonds is 5. The minimum absolute atomic E-state index is 0.0177. The molecule has 0 aliphatic carbocycles. The van der Waals surface area contributed by atoms with Gasteiger partial charge in [-0.05, 0) is 61.0 Å². The van der Waals surface area contributed by atoms with Crippen molar-refractivity contribution in [1.82, 2.24) is 9.88 Å². The number of phenolic OH excluding ortho intramolecular Hbond substituents is 2. The summed E-state index contributed by atoms with van der Waals surface area (Å²) >= 11 is 5.65. The predicted molar refractivity (Wildman–Crippen MR) is 124 cm³/mol. The lowest BCUT2D eigenvalue weighted by Gasteiger charge is -2.29. The molecule has 5 nitrogen and oxygen atoms in total. The molecule has 0 saturated heterocycles. The van der Waals surface area contributed by atoms with Crippen LogP contribution >= 0.6 is 12.2 Å². The SMILES string of the molecule is CCC=C(c1cc(CC)c(O)cc1O)N(C(=S)NC)c1ccc2c(ccn2C)c1. The van der Waals surface area contributed by atoms with Gasteiger partial charge in [0.05, 0.1) is 5.70 Å². The van der Waals surface area contributed by atoms with E-state index in [4.69, 9.17) is 12.2 Å². The van der Waals surface area contributed by atoms with Crippen LogP contribution in [0, 0.1) is 0 Å². The number of nitrogens with one attached hydrogen (secondary N) is 1. The van der Waals surface area contributed by atoms with E-state index in [1.165, 1.54) is 6.07 Å². The number of hydrogen-bond donors (Lipinski definition) is 3. The van der Waals surface area contributed by atoms with Crippen LogP contribution in [0.5, 0.6) is 11.5 Å². The van der Waals surface area contributed by atoms with Crippen LogP contribution in [0.25, 0.3) is 16.6 Å². The van der Waals surface area contributed by atoms with E-state index in [1.54, 1.807) is 7.05 Å². The van der Waals surface area contributed by atoms with E-state index in [1.807, 2.05) is 50.2 Å². The topological polar surface area (TPSA) is 60.7 Å². The Bertz CT molecular complexity index is 1090. The molecule has 29 heavy (non-hydrogen) atoms. The van der Waals surface area contributed by atoms with Crippen molar-refractivity contribution in [3.8, 4) is 11.5 Å². The van der Waals surface area contributed by atoms with Crippen molar-refractivity contribution < 1.29 is 10.2 Å². The van der Waals surface area contributed by atoms with E-state index in [-0.39, 0.29) is 11.5 Å². The third-order valence-electron chi connectivity index (χ3n) is 5.04. The van der Waals surface area contributed by atoms with Crippen molar-refractivity contribution in [2.45, 2.75) is 26.7 Å². The van der Waals surface area contributed by atoms with Gasteiger partial charge in [0.2, 0.25) is 0 Å². The number of aryl methyl sites for hydroxylation is 2. The average Bonchev–Trinajstić information content (AvgIpc) is 3.08. The van der Waals surface area contributed by atoms with E-state index in [9.17, 15) is 10.2 Å². The lowest BCUT2D eigenvalue weighted by molar-refractivity contribution is 0.445. The third-order valence-corrected chi connectivity index (χ3v) is 5.42. The molecule has 1 aromatic heterocycles. The van der Waals surface area contributed by atoms with Crippen molar-refractivity contribution >= 4 is 39.6 Å². The molecule has 3 N–H and O–H groups in total. The van der Waals surface area contributed by atoms with Crippen molar-refractivity contribution in [2.75, 3.05) is 11.9 Å². The zero-order chi connectivity index (χ0) is 21.1. The number of anilines is 1. The number of aromatic nitrogens is 1. The minimum Gasteiger partial charge on any atom is -0.508 e. The third kappa shape index (κ3) is 3.93. The van der Waals surface area contributed by atoms with Crippen LogP contribution in [0.1, 0.15) is 31.4 Å². The first-order valence-electron chi connectivity index (χ1n) is 9.73. The molecule has 0 amide bonds. The normalized spacial score (nSPS) is 11.7. The van der Waals surface area contributed by atoms with Gasteiger partial charge >= 0.3 is 0 Å². The number of allylic oxidation sites excluding steroid dienone is 1. The maximum Gasteiger partial charge on any atom is 0.177 e. The van der Waals surface area contributed by atoms with Crippen molar-refractivity contribution in [3.63, 3.8) is 0 Å². The first-order chi connectivity index (χ1) is 13.9. The molecule has 0 bridgehead atoms. The summed E-state index contributed by atoms with van der Waals surface area (Å²) in [6.45, 7) is 4.01. The molecule has 0 aliphatic heterocycles. The Balaban J connectivity index is 2.21. The largest absolute Gasteiger partial charge is 0.508 e. The number of phenols is 2. The Hall–Kier alpha value is -2.99. The second-order valence-corrected chi connectivity index (χ2v) is 7.30. The number of hydrogen-bond acceptors (Lipinski definition) is 3. The van der Waals surface area contributed by atoms with Gasteiger partial charge in [0.1, 0.15) is 11.5 Å². The molecule has 0 saturated carbocycles. The first-order valence-corrected chi connectivity index (χ1v) is 10.1. The van der Waals surface area contributed by atoms with E-state index in [0.717, 1.165) is 34.3 Å². The fourth-order valence-corrected chi connectivity index (χ4v) is 3.71. The molecule has 0 aliphatic rings. The molecule has 152 valence electrons. The van der Waals surface area contributed by atoms with Gasteiger partial charge < -0.3 is 20.1 Å². The lowest BCUT2D eigenvalue weighted by atomic mass is 10.0. The van der Waals surface area contributed by atoms with Gasteiger partial charge in [-0.25, -0.2) is 0 Å². The maximum absolute atomic E-state index is 10.6. The van der Waals surface area contributed by atoms with Gasteiger partial charge in [-0.15, -0.1) is 0 Å². The van der Waals surface area contributed by atoms with Crippen LogP contribution in [-0.4, -0.2) is 26.9 Å². The number of aromatic hydroxyl groups is 2. The standard InChI is InChI=1S/C23H27N3O2S/c1-5-7-20(18-13-15(6-2)21(27)14-22(18)28)26(23(29)24-3)17-8-9-19-16(12-17)10-11-25(19)4/h7-14,27-28H,5-6H2,1-4H3,(H,24,29). The Morgan fingerprint density at radius 2 is 1.90 bits per heavy atom. The molecule has 3 aromatic rings. The number of fused-ring (bicyclic) bond motifs is 1. The summed E-state index contributed by atoms with van der Waals surface area (Å²) in [5.41, 5.74) is 4.20. The Kier molecular flexibility index (Phi) is 6.13. The number of nitrogens with zero attached hydrogens (tertiary/aromatic N) is 2. The first kappa shape index (κ1) is 20.7. The van der Waals surface area contributed by atoms with Gasteiger partial charge in [-0.1, -0.05) is 19.9 Å². The molecule has 1 heterocycles. The molecule has 6 heteroatoms. The van der Waals surface area contributed by atoms with E-state index in [0.29, 0.717) is 17.1 Å². The summed E-state index contributed by atoms with van der Waals surface area (Å²) in [4.78, 5) is 1.93. The Morgan fingerprint density at radius 1 is 1.14 bits per heavy atom. The van der Waals surface area contributed by atoms with Gasteiger partial charge in [-0.3, -0.25) is 4.90 Å². The van der Waals surface area contributed by atoms with Crippen molar-refractivity contribution in [2.24, 2.45) is 7.05 Å². The highest BCUT2D eigenvalue weighted by Crippen LogP contribution is 2.37. The van der Waals surface area contributed by atoms with Crippen LogP contribution in [0.15, 0.2) is 48.7 Å². The summed E-state index contributed by atoms with van der Waals surface area (Å²) in [6.07, 6.45) is 5.47. The molecular formula is C23H27N3O2S. The fourth-order valence-electron chi connectivity index (χ4n) is 3.51. The van der Waals surface area contributed by atoms with E-state index in [2.05, 4.69) is 28.1 Å². The van der Waals surface area contributed by atoms with Gasteiger partial charge in [0.15, 0.2) is 5.11 Å². The summed E-state index contributed by atoms with van der Waals surface area (Å²) in [7, 11) is 3.80. The number of benzene rings is 2. The van der Waals surface area contributed by atoms with Crippen LogP contribution in [0.3, 0.4) is 0 Å². The van der Waals surface area contributed by atoms with Crippen LogP contribution in [-0.2, 0) is 13.5 Å². The highest BCUT2D eigenvalue weighted by atomic mass is 32.1. The van der Waals surface area contributed by atoms with Crippen LogP contribution in [0.4, 0.5) is 5.69 Å². The molecule has 0 atom stereocenters. The average molecular weight is 410 g/mol. The zero-order valence-electron chi connectivity index (χ0n) is 17.2. The van der Waals surface area contributed by atoms with Crippen LogP contribution < -0.4 is 10.2 Å².